The quantitative estimate of drug-likeness (QED) is 0.0527. The Balaban J connectivity index is 0.00000167. The molecule has 0 bridgehead atoms. The molecule has 0 spiro atoms. The van der Waals surface area contributed by atoms with Crippen LogP contribution < -0.4 is 31.6 Å². The van der Waals surface area contributed by atoms with Gasteiger partial charge >= 0.3 is 5.97 Å². The third kappa shape index (κ3) is 15.1. The van der Waals surface area contributed by atoms with E-state index in [1.807, 2.05) is 13.8 Å². The van der Waals surface area contributed by atoms with E-state index in [0.717, 1.165) is 7.11 Å². The van der Waals surface area contributed by atoms with Crippen molar-refractivity contribution in [3.05, 3.63) is 30.1 Å². The number of nitrogens with one attached hydrogen (secondary N) is 4. The maximum atomic E-state index is 13.7. The lowest BCUT2D eigenvalue weighted by atomic mass is 10.0. The molecule has 0 radical (unpaired) electrons. The number of hydrogen-bond donors (Lipinski definition) is 6. The molecule has 1 aromatic heterocycles. The van der Waals surface area contributed by atoms with Gasteiger partial charge in [0.1, 0.15) is 49.4 Å². The van der Waals surface area contributed by atoms with Gasteiger partial charge in [-0.25, -0.2) is 13.0 Å². The second-order valence-corrected chi connectivity index (χ2v) is 14.9. The minimum Gasteiger partial charge on any atom is -0.726 e. The Hall–Kier alpha value is -5.22. The van der Waals surface area contributed by atoms with E-state index in [1.165, 1.54) is 16.7 Å². The average molecular weight is 813 g/mol. The van der Waals surface area contributed by atoms with Crippen LogP contribution in [0.4, 0.5) is 0 Å². The largest absolute Gasteiger partial charge is 0.726 e. The molecule has 21 nitrogen and oxygen atoms in total. The molecule has 312 valence electrons. The molecule has 2 aliphatic heterocycles. The van der Waals surface area contributed by atoms with Crippen LogP contribution in [0.1, 0.15) is 76.1 Å². The van der Waals surface area contributed by atoms with Gasteiger partial charge < -0.3 is 46.5 Å². The molecule has 2 aliphatic rings. The number of nitrogens with zero attached hydrogens (tertiary/aromatic N) is 3. The van der Waals surface area contributed by atoms with Crippen LogP contribution in [0.5, 0.6) is 0 Å². The molecule has 7 amide bonds. The van der Waals surface area contributed by atoms with Crippen molar-refractivity contribution in [3.63, 3.8) is 0 Å². The number of carboxylic acids is 1. The van der Waals surface area contributed by atoms with Crippen LogP contribution in [0.25, 0.3) is 0 Å². The fourth-order valence-electron chi connectivity index (χ4n) is 6.14. The van der Waals surface area contributed by atoms with Gasteiger partial charge in [-0.2, -0.15) is 0 Å². The fraction of sp³-hybridized carbons (Fsp3) is 0.618. The number of aromatic nitrogens is 1. The topological polar surface area (TPSA) is 308 Å². The molecule has 3 heterocycles. The summed E-state index contributed by atoms with van der Waals surface area (Å²) in [6.45, 7) is 5.08. The highest BCUT2D eigenvalue weighted by Gasteiger charge is 2.40. The molecule has 7 N–H and O–H groups in total. The highest BCUT2D eigenvalue weighted by Crippen LogP contribution is 2.22. The van der Waals surface area contributed by atoms with E-state index < -0.39 is 88.6 Å². The maximum Gasteiger partial charge on any atom is 0.322 e. The number of pyridine rings is 1. The SMILES string of the molecule is CC(C)C[C@H](NC(=O)[C@H](CCC(N)=O)NC(=O)[C@H](C)NC(=O)[C@@H]1CCCN1C(=O)c1ccc[n+](C)c1)C(=O)N1CCC[C@H]1C(=O)NCC(=O)O.COS(=O)(=O)[O-]. The third-order valence-corrected chi connectivity index (χ3v) is 9.25. The van der Waals surface area contributed by atoms with E-state index in [-0.39, 0.29) is 37.6 Å². The predicted octanol–water partition coefficient (Wildman–Crippen LogP) is -2.81. The van der Waals surface area contributed by atoms with Crippen LogP contribution in [0.15, 0.2) is 24.5 Å². The number of primary amides is 1. The summed E-state index contributed by atoms with van der Waals surface area (Å²) >= 11 is 0. The van der Waals surface area contributed by atoms with Crippen molar-refractivity contribution < 1.29 is 65.2 Å². The third-order valence-electron chi connectivity index (χ3n) is 8.85. The summed E-state index contributed by atoms with van der Waals surface area (Å²) in [6, 6.07) is -1.88. The van der Waals surface area contributed by atoms with E-state index in [4.69, 9.17) is 10.8 Å². The maximum absolute atomic E-state index is 13.7. The Morgan fingerprint density at radius 2 is 1.52 bits per heavy atom. The average Bonchev–Trinajstić information content (AvgIpc) is 3.82. The zero-order valence-electron chi connectivity index (χ0n) is 32.0. The first kappa shape index (κ1) is 46.9. The predicted molar refractivity (Wildman–Crippen MR) is 193 cm³/mol. The zero-order chi connectivity index (χ0) is 42.3. The lowest BCUT2D eigenvalue weighted by Crippen LogP contribution is -2.59. The molecule has 0 aromatic carbocycles. The van der Waals surface area contributed by atoms with E-state index in [1.54, 1.807) is 36.1 Å². The molecule has 2 fully saturated rings. The molecular formula is C34H52N8O13S. The molecule has 0 unspecified atom stereocenters. The highest BCUT2D eigenvalue weighted by molar-refractivity contribution is 7.80. The summed E-state index contributed by atoms with van der Waals surface area (Å²) in [6.07, 6.45) is 4.97. The first-order chi connectivity index (χ1) is 26.1. The first-order valence-corrected chi connectivity index (χ1v) is 19.3. The van der Waals surface area contributed by atoms with Gasteiger partial charge in [0.2, 0.25) is 45.8 Å². The number of carboxylic acid groups (broad SMARTS) is 1. The van der Waals surface area contributed by atoms with Gasteiger partial charge in [0.25, 0.3) is 5.91 Å². The number of aliphatic carboxylic acids is 1. The molecule has 1 aromatic rings. The summed E-state index contributed by atoms with van der Waals surface area (Å²) in [5, 5.41) is 19.1. The number of hydrogen-bond acceptors (Lipinski definition) is 12. The molecule has 5 atom stereocenters. The number of likely N-dealkylation sites (tertiary alicyclic amines) is 2. The van der Waals surface area contributed by atoms with Crippen LogP contribution >= 0.6 is 0 Å². The summed E-state index contributed by atoms with van der Waals surface area (Å²) in [7, 11) is -1.83. The number of amides is 7. The normalized spacial score (nSPS) is 18.1. The van der Waals surface area contributed by atoms with Crippen molar-refractivity contribution >= 4 is 57.7 Å². The Labute approximate surface area is 325 Å². The van der Waals surface area contributed by atoms with E-state index >= 15 is 0 Å². The van der Waals surface area contributed by atoms with E-state index in [9.17, 15) is 51.3 Å². The van der Waals surface area contributed by atoms with E-state index in [0.29, 0.717) is 37.8 Å². The van der Waals surface area contributed by atoms with Crippen molar-refractivity contribution in [2.75, 3.05) is 26.7 Å². The van der Waals surface area contributed by atoms with Gasteiger partial charge in [0.05, 0.1) is 7.11 Å². The van der Waals surface area contributed by atoms with E-state index in [2.05, 4.69) is 25.5 Å². The van der Waals surface area contributed by atoms with Gasteiger partial charge in [0, 0.05) is 25.6 Å². The summed E-state index contributed by atoms with van der Waals surface area (Å²) < 4.78 is 32.7. The molecule has 56 heavy (non-hydrogen) atoms. The Morgan fingerprint density at radius 1 is 0.946 bits per heavy atom. The monoisotopic (exact) mass is 812 g/mol. The van der Waals surface area contributed by atoms with Gasteiger partial charge in [-0.3, -0.25) is 42.5 Å². The summed E-state index contributed by atoms with van der Waals surface area (Å²) in [4.78, 5) is 105. The van der Waals surface area contributed by atoms with Gasteiger partial charge in [-0.1, -0.05) is 13.8 Å². The van der Waals surface area contributed by atoms with Gasteiger partial charge in [-0.15, -0.1) is 0 Å². The second kappa shape index (κ2) is 21.8. The van der Waals surface area contributed by atoms with Crippen LogP contribution in [0.2, 0.25) is 0 Å². The Kier molecular flexibility index (Phi) is 18.2. The molecule has 0 saturated carbocycles. The molecule has 3 rings (SSSR count). The molecular weight excluding hydrogens is 760 g/mol. The fourth-order valence-corrected chi connectivity index (χ4v) is 6.14. The van der Waals surface area contributed by atoms with Crippen molar-refractivity contribution in [1.82, 2.24) is 31.1 Å². The zero-order valence-corrected chi connectivity index (χ0v) is 32.8. The van der Waals surface area contributed by atoms with Crippen LogP contribution in [-0.2, 0) is 55.2 Å². The smallest absolute Gasteiger partial charge is 0.322 e. The lowest BCUT2D eigenvalue weighted by Gasteiger charge is -2.30. The van der Waals surface area contributed by atoms with Crippen molar-refractivity contribution in [1.29, 1.82) is 0 Å². The highest BCUT2D eigenvalue weighted by atomic mass is 32.3. The van der Waals surface area contributed by atoms with Crippen LogP contribution in [0.3, 0.4) is 0 Å². The molecule has 2 saturated heterocycles. The van der Waals surface area contributed by atoms with Crippen molar-refractivity contribution in [2.45, 2.75) is 95.9 Å². The number of carbonyl (C=O) groups excluding carboxylic acids is 7. The van der Waals surface area contributed by atoms with Crippen molar-refractivity contribution in [3.8, 4) is 0 Å². The van der Waals surface area contributed by atoms with Crippen LogP contribution in [0, 0.1) is 5.92 Å². The first-order valence-electron chi connectivity index (χ1n) is 17.9. The number of aryl methyl sites for hydroxylation is 1. The Bertz CT molecular complexity index is 1720. The molecule has 0 aliphatic carbocycles. The number of nitrogens with two attached hydrogens (primary N) is 1. The standard InChI is InChI=1S/C33H48N8O9.CH4O4S/c1-19(2)16-23(33(50)41-15-6-9-24(41)30(47)35-17-27(43)44)38-29(46)22(11-12-26(34)42)37-28(45)20(3)36-31(48)25-10-7-14-40(25)32(49)21-8-5-13-39(4)18-21;1-5-6(2,3)4/h5,8,13,18-20,22-25H,6-7,9-12,14-17H2,1-4H3,(H6-,34,35,36,37,38,42,43,44,45,46,47,48);1H3,(H,2,3,4)/t20-,22-,23-,24-,25-;/m0./s1. The van der Waals surface area contributed by atoms with Crippen LogP contribution in [-0.4, -0.2) is 132 Å². The lowest BCUT2D eigenvalue weighted by molar-refractivity contribution is -0.671. The van der Waals surface area contributed by atoms with Gasteiger partial charge in [-0.05, 0) is 57.4 Å². The summed E-state index contributed by atoms with van der Waals surface area (Å²) in [5.74, 6) is -5.55. The minimum atomic E-state index is -4.41. The van der Waals surface area contributed by atoms with Gasteiger partial charge in [0.15, 0.2) is 12.4 Å². The second-order valence-electron chi connectivity index (χ2n) is 13.8. The Morgan fingerprint density at radius 3 is 2.05 bits per heavy atom. The number of rotatable bonds is 17. The minimum absolute atomic E-state index is 0.0771. The molecule has 22 heteroatoms. The summed E-state index contributed by atoms with van der Waals surface area (Å²) in [5.41, 5.74) is 5.75. The van der Waals surface area contributed by atoms with Crippen molar-refractivity contribution in [2.24, 2.45) is 18.7 Å². The number of carbonyl (C=O) groups is 8.